The molecule has 0 atom stereocenters. The summed E-state index contributed by atoms with van der Waals surface area (Å²) < 4.78 is 1.96. The number of likely N-dealkylation sites (tertiary alicyclic amines) is 1. The molecular formula is C19H25N3O. The Morgan fingerprint density at radius 2 is 1.78 bits per heavy atom. The number of piperidine rings is 1. The highest BCUT2D eigenvalue weighted by molar-refractivity contribution is 5.76. The summed E-state index contributed by atoms with van der Waals surface area (Å²) in [6.07, 6.45) is 5.00. The van der Waals surface area contributed by atoms with Crippen molar-refractivity contribution in [3.8, 4) is 5.69 Å². The molecule has 1 amide bonds. The van der Waals surface area contributed by atoms with Crippen molar-refractivity contribution < 1.29 is 4.79 Å². The molecule has 4 heteroatoms. The molecule has 1 aliphatic rings. The molecule has 2 aromatic rings. The van der Waals surface area contributed by atoms with Gasteiger partial charge >= 0.3 is 0 Å². The second-order valence-electron chi connectivity index (χ2n) is 6.45. The molecule has 0 radical (unpaired) electrons. The van der Waals surface area contributed by atoms with E-state index in [0.717, 1.165) is 49.4 Å². The Bertz CT molecular complexity index is 666. The fourth-order valence-corrected chi connectivity index (χ4v) is 3.25. The number of hydrogen-bond donors (Lipinski definition) is 0. The molecule has 1 saturated heterocycles. The van der Waals surface area contributed by atoms with Gasteiger partial charge in [-0.2, -0.15) is 5.10 Å². The van der Waals surface area contributed by atoms with Crippen LogP contribution in [0.2, 0.25) is 0 Å². The first-order valence-electron chi connectivity index (χ1n) is 8.54. The maximum atomic E-state index is 12.2. The number of carbonyl (C=O) groups excluding carboxylic acids is 1. The summed E-state index contributed by atoms with van der Waals surface area (Å²) in [5, 5.41) is 4.50. The molecule has 1 aromatic carbocycles. The lowest BCUT2D eigenvalue weighted by Crippen LogP contribution is -2.35. The number of hydrogen-bond acceptors (Lipinski definition) is 2. The first kappa shape index (κ1) is 15.8. The Morgan fingerprint density at radius 3 is 2.39 bits per heavy atom. The molecule has 1 fully saturated rings. The number of carbonyl (C=O) groups is 1. The quantitative estimate of drug-likeness (QED) is 0.867. The first-order valence-corrected chi connectivity index (χ1v) is 8.54. The summed E-state index contributed by atoms with van der Waals surface area (Å²) in [5.41, 5.74) is 4.44. The van der Waals surface area contributed by atoms with Crippen LogP contribution in [0.4, 0.5) is 0 Å². The number of aryl methyl sites for hydroxylation is 3. The molecule has 1 aliphatic heterocycles. The fourth-order valence-electron chi connectivity index (χ4n) is 3.25. The molecule has 0 bridgehead atoms. The normalized spacial score (nSPS) is 15.0. The Labute approximate surface area is 138 Å². The fraction of sp³-hybridized carbons (Fsp3) is 0.474. The van der Waals surface area contributed by atoms with Crippen LogP contribution < -0.4 is 0 Å². The first-order chi connectivity index (χ1) is 11.1. The number of nitrogens with zero attached hydrogens (tertiary/aromatic N) is 3. The van der Waals surface area contributed by atoms with Crippen LogP contribution in [0.25, 0.3) is 5.69 Å². The average molecular weight is 311 g/mol. The van der Waals surface area contributed by atoms with E-state index >= 15 is 0 Å². The smallest absolute Gasteiger partial charge is 0.222 e. The van der Waals surface area contributed by atoms with E-state index < -0.39 is 0 Å². The van der Waals surface area contributed by atoms with Gasteiger partial charge < -0.3 is 4.90 Å². The van der Waals surface area contributed by atoms with Gasteiger partial charge in [-0.05, 0) is 63.3 Å². The molecule has 0 aliphatic carbocycles. The Balaban J connectivity index is 1.59. The lowest BCUT2D eigenvalue weighted by Gasteiger charge is -2.26. The number of rotatable bonds is 4. The highest BCUT2D eigenvalue weighted by Crippen LogP contribution is 2.15. The summed E-state index contributed by atoms with van der Waals surface area (Å²) in [6.45, 7) is 5.95. The van der Waals surface area contributed by atoms with E-state index in [1.165, 1.54) is 12.0 Å². The van der Waals surface area contributed by atoms with Gasteiger partial charge in [-0.3, -0.25) is 4.79 Å². The number of amides is 1. The second-order valence-corrected chi connectivity index (χ2v) is 6.45. The molecule has 4 nitrogen and oxygen atoms in total. The minimum Gasteiger partial charge on any atom is -0.343 e. The van der Waals surface area contributed by atoms with Crippen LogP contribution in [-0.4, -0.2) is 33.7 Å². The van der Waals surface area contributed by atoms with Gasteiger partial charge in [-0.1, -0.05) is 12.1 Å². The maximum absolute atomic E-state index is 12.2. The van der Waals surface area contributed by atoms with Gasteiger partial charge in [0.15, 0.2) is 0 Å². The molecule has 122 valence electrons. The van der Waals surface area contributed by atoms with E-state index in [2.05, 4.69) is 42.4 Å². The van der Waals surface area contributed by atoms with E-state index in [4.69, 9.17) is 0 Å². The second kappa shape index (κ2) is 6.99. The van der Waals surface area contributed by atoms with Crippen molar-refractivity contribution in [2.24, 2.45) is 0 Å². The van der Waals surface area contributed by atoms with Gasteiger partial charge in [0.2, 0.25) is 5.91 Å². The van der Waals surface area contributed by atoms with E-state index in [0.29, 0.717) is 12.3 Å². The van der Waals surface area contributed by atoms with Gasteiger partial charge in [0.05, 0.1) is 11.4 Å². The van der Waals surface area contributed by atoms with E-state index in [-0.39, 0.29) is 0 Å². The standard InChI is InChI=1S/C19H25N3O/c1-15-14-16(2)22(20-15)18-9-6-17(7-10-18)8-11-19(23)21-12-4-3-5-13-21/h6-7,9-10,14H,3-5,8,11-13H2,1-2H3. The van der Waals surface area contributed by atoms with Gasteiger partial charge in [-0.25, -0.2) is 4.68 Å². The van der Waals surface area contributed by atoms with Gasteiger partial charge in [-0.15, -0.1) is 0 Å². The summed E-state index contributed by atoms with van der Waals surface area (Å²) in [5.74, 6) is 0.298. The zero-order valence-electron chi connectivity index (χ0n) is 14.1. The SMILES string of the molecule is Cc1cc(C)n(-c2ccc(CCC(=O)N3CCCCC3)cc2)n1. The summed E-state index contributed by atoms with van der Waals surface area (Å²) >= 11 is 0. The summed E-state index contributed by atoms with van der Waals surface area (Å²) in [6, 6.07) is 10.5. The van der Waals surface area contributed by atoms with E-state index in [1.807, 2.05) is 16.5 Å². The highest BCUT2D eigenvalue weighted by atomic mass is 16.2. The van der Waals surface area contributed by atoms with E-state index in [9.17, 15) is 4.79 Å². The molecule has 23 heavy (non-hydrogen) atoms. The number of aromatic nitrogens is 2. The van der Waals surface area contributed by atoms with Crippen LogP contribution in [-0.2, 0) is 11.2 Å². The minimum absolute atomic E-state index is 0.298. The zero-order valence-corrected chi connectivity index (χ0v) is 14.1. The average Bonchev–Trinajstić information content (AvgIpc) is 2.92. The predicted octanol–water partition coefficient (Wildman–Crippen LogP) is 3.43. The Kier molecular flexibility index (Phi) is 4.79. The molecule has 3 rings (SSSR count). The number of benzene rings is 1. The van der Waals surface area contributed by atoms with Crippen molar-refractivity contribution in [3.05, 3.63) is 47.3 Å². The Morgan fingerprint density at radius 1 is 1.09 bits per heavy atom. The topological polar surface area (TPSA) is 38.1 Å². The van der Waals surface area contributed by atoms with Crippen LogP contribution in [0.15, 0.2) is 30.3 Å². The molecule has 0 saturated carbocycles. The highest BCUT2D eigenvalue weighted by Gasteiger charge is 2.15. The van der Waals surface area contributed by atoms with Crippen molar-refractivity contribution in [2.75, 3.05) is 13.1 Å². The largest absolute Gasteiger partial charge is 0.343 e. The van der Waals surface area contributed by atoms with Crippen molar-refractivity contribution in [1.82, 2.24) is 14.7 Å². The van der Waals surface area contributed by atoms with Gasteiger partial charge in [0.1, 0.15) is 0 Å². The monoisotopic (exact) mass is 311 g/mol. The Hall–Kier alpha value is -2.10. The van der Waals surface area contributed by atoms with Crippen molar-refractivity contribution in [1.29, 1.82) is 0 Å². The van der Waals surface area contributed by atoms with Gasteiger partial charge in [0.25, 0.3) is 0 Å². The maximum Gasteiger partial charge on any atom is 0.222 e. The zero-order chi connectivity index (χ0) is 16.2. The molecule has 0 spiro atoms. The van der Waals surface area contributed by atoms with Crippen molar-refractivity contribution >= 4 is 5.91 Å². The molecular weight excluding hydrogens is 286 g/mol. The molecule has 0 unspecified atom stereocenters. The summed E-state index contributed by atoms with van der Waals surface area (Å²) in [4.78, 5) is 14.2. The predicted molar refractivity (Wildman–Crippen MR) is 91.8 cm³/mol. The lowest BCUT2D eigenvalue weighted by molar-refractivity contribution is -0.132. The van der Waals surface area contributed by atoms with Crippen molar-refractivity contribution in [2.45, 2.75) is 46.0 Å². The van der Waals surface area contributed by atoms with Gasteiger partial charge in [0, 0.05) is 25.2 Å². The van der Waals surface area contributed by atoms with Crippen LogP contribution in [0.1, 0.15) is 42.6 Å². The van der Waals surface area contributed by atoms with Crippen molar-refractivity contribution in [3.63, 3.8) is 0 Å². The lowest BCUT2D eigenvalue weighted by atomic mass is 10.1. The van der Waals surface area contributed by atoms with Crippen LogP contribution in [0, 0.1) is 13.8 Å². The van der Waals surface area contributed by atoms with Crippen LogP contribution in [0.3, 0.4) is 0 Å². The summed E-state index contributed by atoms with van der Waals surface area (Å²) in [7, 11) is 0. The molecule has 2 heterocycles. The molecule has 0 N–H and O–H groups in total. The molecule has 1 aromatic heterocycles. The van der Waals surface area contributed by atoms with E-state index in [1.54, 1.807) is 0 Å². The van der Waals surface area contributed by atoms with Crippen LogP contribution >= 0.6 is 0 Å². The minimum atomic E-state index is 0.298. The third kappa shape index (κ3) is 3.81. The third-order valence-electron chi connectivity index (χ3n) is 4.53. The van der Waals surface area contributed by atoms with Crippen LogP contribution in [0.5, 0.6) is 0 Å². The third-order valence-corrected chi connectivity index (χ3v) is 4.53.